The van der Waals surface area contributed by atoms with Crippen LogP contribution in [0, 0.1) is 27.7 Å². The number of carbonyl (C=O) groups is 2. The van der Waals surface area contributed by atoms with Crippen molar-refractivity contribution in [3.05, 3.63) is 62.8 Å². The van der Waals surface area contributed by atoms with Crippen LogP contribution >= 0.6 is 15.9 Å². The highest BCUT2D eigenvalue weighted by atomic mass is 79.9. The van der Waals surface area contributed by atoms with Crippen molar-refractivity contribution in [1.29, 1.82) is 0 Å². The number of likely N-dealkylation sites (N-methyl/N-ethyl adjacent to an activating group) is 1. The highest BCUT2D eigenvalue weighted by Gasteiger charge is 2.23. The molecule has 1 heterocycles. The van der Waals surface area contributed by atoms with E-state index in [0.717, 1.165) is 37.8 Å². The van der Waals surface area contributed by atoms with Crippen LogP contribution in [0.4, 0.5) is 5.69 Å². The fraction of sp³-hybridized carbons (Fsp3) is 0.273. The lowest BCUT2D eigenvalue weighted by Crippen LogP contribution is -2.35. The summed E-state index contributed by atoms with van der Waals surface area (Å²) >= 11 is 3.43. The maximum atomic E-state index is 12.8. The quantitative estimate of drug-likeness (QED) is 0.608. The Bertz CT molecular complexity index is 1060. The fourth-order valence-electron chi connectivity index (χ4n) is 3.41. The molecule has 0 saturated heterocycles. The number of amides is 2. The average molecular weight is 443 g/mol. The van der Waals surface area contributed by atoms with Gasteiger partial charge in [0.2, 0.25) is 5.91 Å². The third-order valence-electron chi connectivity index (χ3n) is 4.76. The van der Waals surface area contributed by atoms with Crippen LogP contribution in [0.5, 0.6) is 0 Å². The van der Waals surface area contributed by atoms with Gasteiger partial charge in [-0.05, 0) is 57.0 Å². The molecule has 2 amide bonds. The van der Waals surface area contributed by atoms with Crippen LogP contribution in [-0.2, 0) is 4.79 Å². The van der Waals surface area contributed by atoms with E-state index in [1.54, 1.807) is 7.05 Å². The van der Waals surface area contributed by atoms with E-state index in [9.17, 15) is 9.59 Å². The lowest BCUT2D eigenvalue weighted by atomic mass is 10.1. The molecule has 6 heteroatoms. The van der Waals surface area contributed by atoms with Crippen LogP contribution in [0.15, 0.2) is 39.2 Å². The van der Waals surface area contributed by atoms with Gasteiger partial charge in [0.15, 0.2) is 5.76 Å². The summed E-state index contributed by atoms with van der Waals surface area (Å²) in [6.45, 7) is 7.72. The zero-order valence-corrected chi connectivity index (χ0v) is 18.2. The van der Waals surface area contributed by atoms with Crippen molar-refractivity contribution >= 4 is 44.4 Å². The topological polar surface area (TPSA) is 62.6 Å². The minimum Gasteiger partial charge on any atom is -0.451 e. The highest BCUT2D eigenvalue weighted by molar-refractivity contribution is 9.10. The van der Waals surface area contributed by atoms with Crippen LogP contribution < -0.4 is 5.32 Å². The minimum absolute atomic E-state index is 0.0637. The fourth-order valence-corrected chi connectivity index (χ4v) is 3.77. The van der Waals surface area contributed by atoms with Crippen LogP contribution in [0.3, 0.4) is 0 Å². The number of rotatable bonds is 4. The number of aryl methyl sites for hydroxylation is 4. The smallest absolute Gasteiger partial charge is 0.290 e. The maximum absolute atomic E-state index is 12.8. The van der Waals surface area contributed by atoms with Gasteiger partial charge in [0.1, 0.15) is 5.58 Å². The Kier molecular flexibility index (Phi) is 5.61. The molecule has 5 nitrogen and oxygen atoms in total. The monoisotopic (exact) mass is 442 g/mol. The number of anilines is 1. The molecule has 3 rings (SSSR count). The summed E-state index contributed by atoms with van der Waals surface area (Å²) in [6, 6.07) is 9.64. The van der Waals surface area contributed by atoms with E-state index in [1.165, 1.54) is 4.90 Å². The number of hydrogen-bond donors (Lipinski definition) is 1. The van der Waals surface area contributed by atoms with Crippen molar-refractivity contribution in [3.63, 3.8) is 0 Å². The van der Waals surface area contributed by atoms with Gasteiger partial charge in [-0.1, -0.05) is 33.6 Å². The summed E-state index contributed by atoms with van der Waals surface area (Å²) in [7, 11) is 1.60. The molecule has 0 saturated carbocycles. The molecular weight excluding hydrogens is 420 g/mol. The number of furan rings is 1. The van der Waals surface area contributed by atoms with Gasteiger partial charge in [-0.2, -0.15) is 0 Å². The van der Waals surface area contributed by atoms with Crippen molar-refractivity contribution in [2.24, 2.45) is 0 Å². The Labute approximate surface area is 172 Å². The highest BCUT2D eigenvalue weighted by Crippen LogP contribution is 2.28. The van der Waals surface area contributed by atoms with E-state index in [0.29, 0.717) is 5.58 Å². The van der Waals surface area contributed by atoms with Crippen molar-refractivity contribution in [2.45, 2.75) is 27.7 Å². The molecule has 0 fully saturated rings. The van der Waals surface area contributed by atoms with Crippen LogP contribution in [0.1, 0.15) is 32.8 Å². The molecule has 0 atom stereocenters. The van der Waals surface area contributed by atoms with Crippen molar-refractivity contribution in [2.75, 3.05) is 18.9 Å². The predicted molar refractivity (Wildman–Crippen MR) is 115 cm³/mol. The number of nitrogens with zero attached hydrogens (tertiary/aromatic N) is 1. The predicted octanol–water partition coefficient (Wildman–Crippen LogP) is 5.14. The van der Waals surface area contributed by atoms with Gasteiger partial charge in [0, 0.05) is 28.2 Å². The second-order valence-corrected chi connectivity index (χ2v) is 8.10. The Balaban J connectivity index is 1.76. The van der Waals surface area contributed by atoms with Gasteiger partial charge in [-0.3, -0.25) is 9.59 Å². The Morgan fingerprint density at radius 3 is 2.36 bits per heavy atom. The van der Waals surface area contributed by atoms with Gasteiger partial charge in [0.05, 0.1) is 6.54 Å². The summed E-state index contributed by atoms with van der Waals surface area (Å²) < 4.78 is 6.66. The van der Waals surface area contributed by atoms with E-state index >= 15 is 0 Å². The molecule has 3 aromatic rings. The molecule has 0 aliphatic heterocycles. The molecule has 2 aromatic carbocycles. The van der Waals surface area contributed by atoms with Gasteiger partial charge < -0.3 is 14.6 Å². The van der Waals surface area contributed by atoms with E-state index < -0.39 is 0 Å². The first kappa shape index (κ1) is 20.1. The number of carbonyl (C=O) groups excluding carboxylic acids is 2. The van der Waals surface area contributed by atoms with Crippen molar-refractivity contribution in [3.8, 4) is 0 Å². The molecule has 0 radical (unpaired) electrons. The molecule has 0 spiro atoms. The molecule has 28 heavy (non-hydrogen) atoms. The maximum Gasteiger partial charge on any atom is 0.290 e. The van der Waals surface area contributed by atoms with Crippen molar-refractivity contribution in [1.82, 2.24) is 4.90 Å². The van der Waals surface area contributed by atoms with Gasteiger partial charge in [-0.15, -0.1) is 0 Å². The van der Waals surface area contributed by atoms with E-state index in [-0.39, 0.29) is 24.1 Å². The number of nitrogens with one attached hydrogen (secondary N) is 1. The number of halogens is 1. The zero-order chi connectivity index (χ0) is 20.6. The summed E-state index contributed by atoms with van der Waals surface area (Å²) in [5, 5.41) is 3.80. The first-order chi connectivity index (χ1) is 13.2. The minimum atomic E-state index is -0.322. The van der Waals surface area contributed by atoms with E-state index in [4.69, 9.17) is 4.42 Å². The summed E-state index contributed by atoms with van der Waals surface area (Å²) in [5.41, 5.74) is 5.34. The third kappa shape index (κ3) is 3.97. The molecular formula is C22H23BrN2O3. The number of hydrogen-bond acceptors (Lipinski definition) is 3. The zero-order valence-electron chi connectivity index (χ0n) is 16.6. The first-order valence-corrected chi connectivity index (χ1v) is 9.78. The summed E-state index contributed by atoms with van der Waals surface area (Å²) in [6.07, 6.45) is 0. The Morgan fingerprint density at radius 1 is 1.07 bits per heavy atom. The SMILES string of the molecule is Cc1cc(C)c(NC(=O)CN(C)C(=O)c2oc3ccc(Br)cc3c2C)c(C)c1. The van der Waals surface area contributed by atoms with Crippen LogP contribution in [-0.4, -0.2) is 30.3 Å². The molecule has 0 aliphatic rings. The largest absolute Gasteiger partial charge is 0.451 e. The molecule has 0 aliphatic carbocycles. The van der Waals surface area contributed by atoms with Gasteiger partial charge in [0.25, 0.3) is 5.91 Å². The lowest BCUT2D eigenvalue weighted by Gasteiger charge is -2.18. The molecule has 0 unspecified atom stereocenters. The average Bonchev–Trinajstić information content (AvgIpc) is 2.93. The van der Waals surface area contributed by atoms with Crippen molar-refractivity contribution < 1.29 is 14.0 Å². The third-order valence-corrected chi connectivity index (χ3v) is 5.25. The number of benzene rings is 2. The summed E-state index contributed by atoms with van der Waals surface area (Å²) in [5.74, 6) is -0.314. The Morgan fingerprint density at radius 2 is 1.71 bits per heavy atom. The van der Waals surface area contributed by atoms with Gasteiger partial charge in [-0.25, -0.2) is 0 Å². The molecule has 1 N–H and O–H groups in total. The molecule has 1 aromatic heterocycles. The number of fused-ring (bicyclic) bond motifs is 1. The van der Waals surface area contributed by atoms with Crippen LogP contribution in [0.25, 0.3) is 11.0 Å². The normalized spacial score (nSPS) is 10.9. The molecule has 0 bridgehead atoms. The second-order valence-electron chi connectivity index (χ2n) is 7.18. The van der Waals surface area contributed by atoms with Crippen LogP contribution in [0.2, 0.25) is 0 Å². The second kappa shape index (κ2) is 7.80. The lowest BCUT2D eigenvalue weighted by molar-refractivity contribution is -0.116. The summed E-state index contributed by atoms with van der Waals surface area (Å²) in [4.78, 5) is 26.7. The Hall–Kier alpha value is -2.60. The van der Waals surface area contributed by atoms with E-state index in [1.807, 2.05) is 58.0 Å². The molecule has 146 valence electrons. The van der Waals surface area contributed by atoms with E-state index in [2.05, 4.69) is 21.2 Å². The first-order valence-electron chi connectivity index (χ1n) is 8.99. The van der Waals surface area contributed by atoms with Gasteiger partial charge >= 0.3 is 0 Å². The standard InChI is InChI=1S/C22H23BrN2O3/c1-12-8-13(2)20(14(3)9-12)24-19(26)11-25(5)22(27)21-15(4)17-10-16(23)6-7-18(17)28-21/h6-10H,11H2,1-5H3,(H,24,26).